The number of rotatable bonds is 4. The molecule has 0 aliphatic heterocycles. The van der Waals surface area contributed by atoms with Crippen molar-refractivity contribution in [2.45, 2.75) is 18.9 Å². The first-order chi connectivity index (χ1) is 7.74. The summed E-state index contributed by atoms with van der Waals surface area (Å²) in [5.74, 6) is 0. The van der Waals surface area contributed by atoms with Crippen molar-refractivity contribution in [3.05, 3.63) is 51.4 Å². The average Bonchev–Trinajstić information content (AvgIpc) is 2.65. The molecule has 0 spiro atoms. The van der Waals surface area contributed by atoms with Crippen LogP contribution in [0.25, 0.3) is 0 Å². The fourth-order valence-corrected chi connectivity index (χ4v) is 2.76. The molecule has 0 fully saturated rings. The zero-order chi connectivity index (χ0) is 11.4. The van der Waals surface area contributed by atoms with Gasteiger partial charge >= 0.3 is 0 Å². The van der Waals surface area contributed by atoms with E-state index >= 15 is 0 Å². The van der Waals surface area contributed by atoms with Crippen molar-refractivity contribution >= 4 is 22.9 Å². The summed E-state index contributed by atoms with van der Waals surface area (Å²) in [5.41, 5.74) is 7.11. The van der Waals surface area contributed by atoms with Gasteiger partial charge < -0.3 is 5.73 Å². The number of nitrogens with zero attached hydrogens (tertiary/aromatic N) is 1. The first-order valence-electron chi connectivity index (χ1n) is 5.14. The molecule has 2 nitrogen and oxygen atoms in total. The Morgan fingerprint density at radius 3 is 2.75 bits per heavy atom. The lowest BCUT2D eigenvalue weighted by molar-refractivity contribution is 0.660. The van der Waals surface area contributed by atoms with Gasteiger partial charge in [0.2, 0.25) is 0 Å². The molecule has 2 N–H and O–H groups in total. The molecular formula is C12H13ClN2S. The van der Waals surface area contributed by atoms with Gasteiger partial charge in [0, 0.05) is 29.2 Å². The van der Waals surface area contributed by atoms with Crippen molar-refractivity contribution in [2.24, 2.45) is 5.73 Å². The molecule has 0 radical (unpaired) electrons. The Hall–Kier alpha value is -0.900. The SMILES string of the molecule is NC(Cc1ccccn1)Cc1ccc(Cl)s1. The van der Waals surface area contributed by atoms with Crippen LogP contribution in [-0.4, -0.2) is 11.0 Å². The van der Waals surface area contributed by atoms with Crippen LogP contribution in [-0.2, 0) is 12.8 Å². The molecule has 1 atom stereocenters. The Bertz CT molecular complexity index is 441. The van der Waals surface area contributed by atoms with Crippen LogP contribution in [0.15, 0.2) is 36.5 Å². The molecule has 16 heavy (non-hydrogen) atoms. The minimum Gasteiger partial charge on any atom is -0.327 e. The predicted octanol–water partition coefficient (Wildman–Crippen LogP) is 2.91. The lowest BCUT2D eigenvalue weighted by atomic mass is 10.1. The van der Waals surface area contributed by atoms with Crippen molar-refractivity contribution in [1.82, 2.24) is 4.98 Å². The number of thiophene rings is 1. The van der Waals surface area contributed by atoms with Crippen LogP contribution < -0.4 is 5.73 Å². The maximum absolute atomic E-state index is 6.07. The van der Waals surface area contributed by atoms with Crippen LogP contribution in [0.2, 0.25) is 4.34 Å². The highest BCUT2D eigenvalue weighted by atomic mass is 35.5. The monoisotopic (exact) mass is 252 g/mol. The van der Waals surface area contributed by atoms with Crippen molar-refractivity contribution < 1.29 is 0 Å². The first-order valence-corrected chi connectivity index (χ1v) is 6.33. The van der Waals surface area contributed by atoms with E-state index in [9.17, 15) is 0 Å². The van der Waals surface area contributed by atoms with E-state index in [2.05, 4.69) is 4.98 Å². The van der Waals surface area contributed by atoms with E-state index in [4.69, 9.17) is 17.3 Å². The van der Waals surface area contributed by atoms with Gasteiger partial charge in [0.05, 0.1) is 4.34 Å². The number of halogens is 1. The van der Waals surface area contributed by atoms with Gasteiger partial charge in [0.15, 0.2) is 0 Å². The van der Waals surface area contributed by atoms with Crippen LogP contribution in [0.5, 0.6) is 0 Å². The third-order valence-electron chi connectivity index (χ3n) is 2.29. The van der Waals surface area contributed by atoms with Crippen LogP contribution in [0.4, 0.5) is 0 Å². The number of hydrogen-bond donors (Lipinski definition) is 1. The summed E-state index contributed by atoms with van der Waals surface area (Å²) in [7, 11) is 0. The van der Waals surface area contributed by atoms with Crippen LogP contribution >= 0.6 is 22.9 Å². The summed E-state index contributed by atoms with van der Waals surface area (Å²) >= 11 is 7.46. The molecule has 2 aromatic heterocycles. The van der Waals surface area contributed by atoms with E-state index < -0.39 is 0 Å². The standard InChI is InChI=1S/C12H13ClN2S/c13-12-5-4-11(16-12)8-9(14)7-10-3-1-2-6-15-10/h1-6,9H,7-8,14H2. The molecule has 0 aliphatic carbocycles. The highest BCUT2D eigenvalue weighted by Crippen LogP contribution is 2.22. The lowest BCUT2D eigenvalue weighted by Crippen LogP contribution is -2.25. The molecule has 84 valence electrons. The van der Waals surface area contributed by atoms with Gasteiger partial charge in [-0.2, -0.15) is 0 Å². The van der Waals surface area contributed by atoms with Gasteiger partial charge in [-0.15, -0.1) is 11.3 Å². The molecule has 0 saturated heterocycles. The van der Waals surface area contributed by atoms with Gasteiger partial charge in [-0.25, -0.2) is 0 Å². The first kappa shape index (κ1) is 11.6. The number of aromatic nitrogens is 1. The highest BCUT2D eigenvalue weighted by Gasteiger charge is 2.07. The minimum absolute atomic E-state index is 0.101. The average molecular weight is 253 g/mol. The molecule has 0 bridgehead atoms. The van der Waals surface area contributed by atoms with Crippen molar-refractivity contribution in [2.75, 3.05) is 0 Å². The van der Waals surface area contributed by atoms with Crippen molar-refractivity contribution in [3.8, 4) is 0 Å². The Balaban J connectivity index is 1.92. The third kappa shape index (κ3) is 3.30. The summed E-state index contributed by atoms with van der Waals surface area (Å²) in [6, 6.07) is 9.94. The van der Waals surface area contributed by atoms with Gasteiger partial charge in [0.25, 0.3) is 0 Å². The summed E-state index contributed by atoms with van der Waals surface area (Å²) in [6.07, 6.45) is 3.45. The molecule has 2 heterocycles. The normalized spacial score (nSPS) is 12.6. The summed E-state index contributed by atoms with van der Waals surface area (Å²) in [5, 5.41) is 0. The molecule has 0 saturated carbocycles. The van der Waals surface area contributed by atoms with Crippen molar-refractivity contribution in [3.63, 3.8) is 0 Å². The predicted molar refractivity (Wildman–Crippen MR) is 68.9 cm³/mol. The maximum atomic E-state index is 6.07. The Labute approximate surface area is 104 Å². The van der Waals surface area contributed by atoms with Gasteiger partial charge in [-0.3, -0.25) is 4.98 Å². The van der Waals surface area contributed by atoms with Gasteiger partial charge in [-0.1, -0.05) is 17.7 Å². The third-order valence-corrected chi connectivity index (χ3v) is 3.54. The molecular weight excluding hydrogens is 240 g/mol. The number of pyridine rings is 1. The van der Waals surface area contributed by atoms with Crippen LogP contribution in [0, 0.1) is 0 Å². The van der Waals surface area contributed by atoms with E-state index in [-0.39, 0.29) is 6.04 Å². The molecule has 0 amide bonds. The van der Waals surface area contributed by atoms with Crippen LogP contribution in [0.1, 0.15) is 10.6 Å². The minimum atomic E-state index is 0.101. The Morgan fingerprint density at radius 2 is 2.12 bits per heavy atom. The second-order valence-corrected chi connectivity index (χ2v) is 5.49. The quantitative estimate of drug-likeness (QED) is 0.909. The van der Waals surface area contributed by atoms with Gasteiger partial charge in [0.1, 0.15) is 0 Å². The van der Waals surface area contributed by atoms with E-state index in [0.29, 0.717) is 0 Å². The molecule has 1 unspecified atom stereocenters. The van der Waals surface area contributed by atoms with E-state index in [1.807, 2.05) is 30.3 Å². The lowest BCUT2D eigenvalue weighted by Gasteiger charge is -2.09. The van der Waals surface area contributed by atoms with Crippen molar-refractivity contribution in [1.29, 1.82) is 0 Å². The van der Waals surface area contributed by atoms with E-state index in [1.165, 1.54) is 4.88 Å². The zero-order valence-corrected chi connectivity index (χ0v) is 10.3. The number of nitrogens with two attached hydrogens (primary N) is 1. The fourth-order valence-electron chi connectivity index (χ4n) is 1.58. The summed E-state index contributed by atoms with van der Waals surface area (Å²) in [6.45, 7) is 0. The molecule has 2 rings (SSSR count). The topological polar surface area (TPSA) is 38.9 Å². The molecule has 0 aliphatic rings. The van der Waals surface area contributed by atoms with Gasteiger partial charge in [-0.05, 0) is 30.7 Å². The molecule has 4 heteroatoms. The van der Waals surface area contributed by atoms with E-state index in [0.717, 1.165) is 22.9 Å². The number of hydrogen-bond acceptors (Lipinski definition) is 3. The Morgan fingerprint density at radius 1 is 1.25 bits per heavy atom. The largest absolute Gasteiger partial charge is 0.327 e. The summed E-state index contributed by atoms with van der Waals surface area (Å²) < 4.78 is 0.819. The smallest absolute Gasteiger partial charge is 0.0931 e. The Kier molecular flexibility index (Phi) is 3.93. The summed E-state index contributed by atoms with van der Waals surface area (Å²) in [4.78, 5) is 5.49. The highest BCUT2D eigenvalue weighted by molar-refractivity contribution is 7.16. The second kappa shape index (κ2) is 5.43. The fraction of sp³-hybridized carbons (Fsp3) is 0.250. The van der Waals surface area contributed by atoms with Crippen LogP contribution in [0.3, 0.4) is 0 Å². The molecule has 0 aromatic carbocycles. The molecule has 2 aromatic rings. The maximum Gasteiger partial charge on any atom is 0.0931 e. The zero-order valence-electron chi connectivity index (χ0n) is 8.77. The second-order valence-electron chi connectivity index (χ2n) is 3.70. The van der Waals surface area contributed by atoms with E-state index in [1.54, 1.807) is 17.5 Å².